The Bertz CT molecular complexity index is 366. The van der Waals surface area contributed by atoms with Gasteiger partial charge in [-0.05, 0) is 32.4 Å². The fraction of sp³-hybridized carbons (Fsp3) is 0.333. The van der Waals surface area contributed by atoms with Crippen LogP contribution in [0.3, 0.4) is 0 Å². The fourth-order valence-electron chi connectivity index (χ4n) is 0.995. The summed E-state index contributed by atoms with van der Waals surface area (Å²) in [5, 5.41) is 3.96. The lowest BCUT2D eigenvalue weighted by Crippen LogP contribution is -2.18. The summed E-state index contributed by atoms with van der Waals surface area (Å²) in [7, 11) is 0. The maximum absolute atomic E-state index is 11.6. The first-order valence-corrected chi connectivity index (χ1v) is 5.03. The quantitative estimate of drug-likeness (QED) is 0.596. The van der Waals surface area contributed by atoms with E-state index >= 15 is 0 Å². The van der Waals surface area contributed by atoms with Crippen LogP contribution < -0.4 is 5.43 Å². The van der Waals surface area contributed by atoms with E-state index in [0.717, 1.165) is 17.7 Å². The maximum atomic E-state index is 11.6. The van der Waals surface area contributed by atoms with Gasteiger partial charge in [-0.3, -0.25) is 4.79 Å². The topological polar surface area (TPSA) is 41.5 Å². The van der Waals surface area contributed by atoms with Crippen molar-refractivity contribution in [3.05, 3.63) is 35.4 Å². The summed E-state index contributed by atoms with van der Waals surface area (Å²) in [6, 6.07) is 7.40. The Morgan fingerprint density at radius 2 is 1.93 bits per heavy atom. The van der Waals surface area contributed by atoms with Gasteiger partial charge in [-0.2, -0.15) is 5.10 Å². The lowest BCUT2D eigenvalue weighted by atomic mass is 10.1. The molecular weight excluding hydrogens is 188 g/mol. The summed E-state index contributed by atoms with van der Waals surface area (Å²) < 4.78 is 0. The zero-order valence-corrected chi connectivity index (χ0v) is 9.37. The second-order valence-corrected chi connectivity index (χ2v) is 3.51. The molecule has 1 N–H and O–H groups in total. The van der Waals surface area contributed by atoms with E-state index in [9.17, 15) is 4.79 Å². The first-order valence-electron chi connectivity index (χ1n) is 5.03. The Balaban J connectivity index is 2.66. The Morgan fingerprint density at radius 3 is 2.47 bits per heavy atom. The van der Waals surface area contributed by atoms with Gasteiger partial charge in [0.05, 0.1) is 0 Å². The van der Waals surface area contributed by atoms with Crippen molar-refractivity contribution in [1.82, 2.24) is 5.43 Å². The summed E-state index contributed by atoms with van der Waals surface area (Å²) in [6.07, 6.45) is 0.841. The van der Waals surface area contributed by atoms with Crippen LogP contribution in [0.15, 0.2) is 29.4 Å². The summed E-state index contributed by atoms with van der Waals surface area (Å²) in [4.78, 5) is 11.6. The predicted octanol–water partition coefficient (Wildman–Crippen LogP) is 2.51. The molecule has 1 aromatic rings. The Kier molecular flexibility index (Phi) is 4.03. The van der Waals surface area contributed by atoms with E-state index < -0.39 is 0 Å². The molecule has 1 rings (SSSR count). The number of benzene rings is 1. The molecule has 0 bridgehead atoms. The number of hydrazone groups is 1. The zero-order valence-electron chi connectivity index (χ0n) is 9.37. The van der Waals surface area contributed by atoms with Gasteiger partial charge in [0.1, 0.15) is 0 Å². The predicted molar refractivity (Wildman–Crippen MR) is 62.0 cm³/mol. The van der Waals surface area contributed by atoms with Crippen molar-refractivity contribution in [2.75, 3.05) is 0 Å². The molecule has 1 aromatic carbocycles. The average Bonchev–Trinajstić information content (AvgIpc) is 2.26. The number of rotatable bonds is 3. The minimum absolute atomic E-state index is 0.164. The van der Waals surface area contributed by atoms with Gasteiger partial charge in [0.25, 0.3) is 5.91 Å². The van der Waals surface area contributed by atoms with Gasteiger partial charge in [-0.15, -0.1) is 0 Å². The highest BCUT2D eigenvalue weighted by atomic mass is 16.2. The molecule has 0 heterocycles. The summed E-state index contributed by atoms with van der Waals surface area (Å²) in [5.41, 5.74) is 5.20. The second-order valence-electron chi connectivity index (χ2n) is 3.51. The minimum atomic E-state index is -0.164. The number of nitrogens with one attached hydrogen (secondary N) is 1. The van der Waals surface area contributed by atoms with E-state index in [1.165, 1.54) is 0 Å². The first-order chi connectivity index (χ1) is 7.13. The fourth-order valence-corrected chi connectivity index (χ4v) is 0.995. The molecular formula is C12H16N2O. The molecule has 0 radical (unpaired) electrons. The van der Waals surface area contributed by atoms with E-state index in [0.29, 0.717) is 5.56 Å². The standard InChI is InChI=1S/C12H16N2O/c1-4-10(3)13-14-12(15)11-7-5-9(2)6-8-11/h5-8H,4H2,1-3H3,(H,14,15)/b13-10+. The normalized spacial score (nSPS) is 11.3. The number of hydrogen-bond acceptors (Lipinski definition) is 2. The summed E-state index contributed by atoms with van der Waals surface area (Å²) >= 11 is 0. The first kappa shape index (κ1) is 11.4. The second kappa shape index (κ2) is 5.29. The highest BCUT2D eigenvalue weighted by Gasteiger charge is 2.02. The number of amides is 1. The van der Waals surface area contributed by atoms with Crippen molar-refractivity contribution in [2.24, 2.45) is 5.10 Å². The van der Waals surface area contributed by atoms with Crippen molar-refractivity contribution < 1.29 is 4.79 Å². The molecule has 0 unspecified atom stereocenters. The highest BCUT2D eigenvalue weighted by Crippen LogP contribution is 2.02. The number of carbonyl (C=O) groups is 1. The van der Waals surface area contributed by atoms with Crippen LogP contribution in [0.2, 0.25) is 0 Å². The summed E-state index contributed by atoms with van der Waals surface area (Å²) in [5.74, 6) is -0.164. The smallest absolute Gasteiger partial charge is 0.267 e. The van der Waals surface area contributed by atoms with Crippen LogP contribution >= 0.6 is 0 Å². The van der Waals surface area contributed by atoms with Crippen LogP contribution in [0.1, 0.15) is 36.2 Å². The maximum Gasteiger partial charge on any atom is 0.271 e. The molecule has 80 valence electrons. The summed E-state index contributed by atoms with van der Waals surface area (Å²) in [6.45, 7) is 5.87. The molecule has 3 heteroatoms. The van der Waals surface area contributed by atoms with Gasteiger partial charge >= 0.3 is 0 Å². The van der Waals surface area contributed by atoms with Crippen LogP contribution in [0.5, 0.6) is 0 Å². The molecule has 0 fully saturated rings. The van der Waals surface area contributed by atoms with Crippen molar-refractivity contribution in [2.45, 2.75) is 27.2 Å². The lowest BCUT2D eigenvalue weighted by Gasteiger charge is -2.01. The van der Waals surface area contributed by atoms with Gasteiger partial charge in [-0.25, -0.2) is 5.43 Å². The Labute approximate surface area is 90.2 Å². The molecule has 0 spiro atoms. The zero-order chi connectivity index (χ0) is 11.3. The molecule has 0 aliphatic carbocycles. The van der Waals surface area contributed by atoms with E-state index in [1.54, 1.807) is 12.1 Å². The number of hydrogen-bond donors (Lipinski definition) is 1. The van der Waals surface area contributed by atoms with E-state index in [2.05, 4.69) is 10.5 Å². The van der Waals surface area contributed by atoms with Crippen molar-refractivity contribution in [3.8, 4) is 0 Å². The largest absolute Gasteiger partial charge is 0.271 e. The number of nitrogens with zero attached hydrogens (tertiary/aromatic N) is 1. The Morgan fingerprint density at radius 1 is 1.33 bits per heavy atom. The van der Waals surface area contributed by atoms with Gasteiger partial charge in [-0.1, -0.05) is 24.6 Å². The van der Waals surface area contributed by atoms with Crippen LogP contribution in [0.4, 0.5) is 0 Å². The molecule has 15 heavy (non-hydrogen) atoms. The molecule has 1 amide bonds. The molecule has 0 saturated carbocycles. The Hall–Kier alpha value is -1.64. The van der Waals surface area contributed by atoms with Crippen molar-refractivity contribution in [3.63, 3.8) is 0 Å². The van der Waals surface area contributed by atoms with Crippen LogP contribution in [-0.2, 0) is 0 Å². The van der Waals surface area contributed by atoms with Crippen LogP contribution in [0.25, 0.3) is 0 Å². The van der Waals surface area contributed by atoms with Crippen LogP contribution in [-0.4, -0.2) is 11.6 Å². The van der Waals surface area contributed by atoms with Gasteiger partial charge in [0.2, 0.25) is 0 Å². The molecule has 0 aromatic heterocycles. The van der Waals surface area contributed by atoms with Crippen molar-refractivity contribution in [1.29, 1.82) is 0 Å². The molecule has 0 aliphatic heterocycles. The van der Waals surface area contributed by atoms with Crippen molar-refractivity contribution >= 4 is 11.6 Å². The number of carbonyl (C=O) groups excluding carboxylic acids is 1. The monoisotopic (exact) mass is 204 g/mol. The van der Waals surface area contributed by atoms with Gasteiger partial charge < -0.3 is 0 Å². The van der Waals surface area contributed by atoms with Gasteiger partial charge in [0.15, 0.2) is 0 Å². The molecule has 0 saturated heterocycles. The number of aryl methyl sites for hydroxylation is 1. The molecule has 0 atom stereocenters. The lowest BCUT2D eigenvalue weighted by molar-refractivity contribution is 0.0954. The van der Waals surface area contributed by atoms with E-state index in [-0.39, 0.29) is 5.91 Å². The molecule has 0 aliphatic rings. The third-order valence-corrected chi connectivity index (χ3v) is 2.17. The minimum Gasteiger partial charge on any atom is -0.267 e. The third-order valence-electron chi connectivity index (χ3n) is 2.17. The highest BCUT2D eigenvalue weighted by molar-refractivity contribution is 5.95. The average molecular weight is 204 g/mol. The van der Waals surface area contributed by atoms with E-state index in [1.807, 2.05) is 32.9 Å². The SMILES string of the molecule is CC/C(C)=N/NC(=O)c1ccc(C)cc1. The molecule has 3 nitrogen and oxygen atoms in total. The van der Waals surface area contributed by atoms with Gasteiger partial charge in [0, 0.05) is 11.3 Å². The van der Waals surface area contributed by atoms with Crippen LogP contribution in [0, 0.1) is 6.92 Å². The third kappa shape index (κ3) is 3.54. The van der Waals surface area contributed by atoms with E-state index in [4.69, 9.17) is 0 Å².